The number of amides is 1. The monoisotopic (exact) mass is 368 g/mol. The molecule has 0 saturated carbocycles. The molecule has 0 aliphatic carbocycles. The van der Waals surface area contributed by atoms with Crippen molar-refractivity contribution in [2.45, 2.75) is 32.1 Å². The fourth-order valence-corrected chi connectivity index (χ4v) is 3.48. The van der Waals surface area contributed by atoms with Crippen molar-refractivity contribution in [3.63, 3.8) is 0 Å². The lowest BCUT2D eigenvalue weighted by molar-refractivity contribution is -0.119. The second kappa shape index (κ2) is 7.83. The van der Waals surface area contributed by atoms with Gasteiger partial charge in [0, 0.05) is 29.2 Å². The zero-order valence-electron chi connectivity index (χ0n) is 15.3. The van der Waals surface area contributed by atoms with Crippen molar-refractivity contribution in [1.29, 1.82) is 0 Å². The Labute approximate surface area is 158 Å². The molecule has 2 heterocycles. The van der Waals surface area contributed by atoms with Gasteiger partial charge in [-0.3, -0.25) is 4.79 Å². The highest BCUT2D eigenvalue weighted by Gasteiger charge is 2.16. The number of carbonyl (C=O) groups excluding carboxylic acids is 1. The molecular formula is C20H24N4OS. The number of carbonyl (C=O) groups is 1. The molecular weight excluding hydrogens is 344 g/mol. The lowest BCUT2D eigenvalue weighted by Gasteiger charge is -2.20. The molecule has 0 fully saturated rings. The third-order valence-electron chi connectivity index (χ3n) is 3.67. The molecule has 2 aromatic heterocycles. The molecule has 0 atom stereocenters. The number of rotatable bonds is 6. The minimum absolute atomic E-state index is 0.0560. The molecule has 1 aromatic carbocycles. The van der Waals surface area contributed by atoms with E-state index in [2.05, 4.69) is 15.0 Å². The summed E-state index contributed by atoms with van der Waals surface area (Å²) in [6.45, 7) is 5.97. The summed E-state index contributed by atoms with van der Waals surface area (Å²) in [4.78, 5) is 12.0. The smallest absolute Gasteiger partial charge is 0.230 e. The Hall–Kier alpha value is -2.47. The van der Waals surface area contributed by atoms with Crippen LogP contribution in [0.25, 0.3) is 11.5 Å². The summed E-state index contributed by atoms with van der Waals surface area (Å²) >= 11 is 1.60. The molecule has 0 unspecified atom stereocenters. The first-order valence-electron chi connectivity index (χ1n) is 8.58. The van der Waals surface area contributed by atoms with E-state index in [1.165, 1.54) is 0 Å². The fourth-order valence-electron chi connectivity index (χ4n) is 2.69. The van der Waals surface area contributed by atoms with Crippen LogP contribution < -0.4 is 5.32 Å². The van der Waals surface area contributed by atoms with Gasteiger partial charge in [-0.25, -0.2) is 4.68 Å². The Kier molecular flexibility index (Phi) is 5.52. The van der Waals surface area contributed by atoms with Gasteiger partial charge in [-0.2, -0.15) is 5.10 Å². The molecule has 1 N–H and O–H groups in total. The quantitative estimate of drug-likeness (QED) is 0.720. The van der Waals surface area contributed by atoms with Crippen LogP contribution in [0.2, 0.25) is 0 Å². The van der Waals surface area contributed by atoms with Crippen LogP contribution in [-0.4, -0.2) is 31.5 Å². The molecule has 0 aliphatic heterocycles. The summed E-state index contributed by atoms with van der Waals surface area (Å²) in [6.07, 6.45) is 5.91. The number of hydrogen-bond acceptors (Lipinski definition) is 3. The van der Waals surface area contributed by atoms with Crippen LogP contribution in [0.1, 0.15) is 26.3 Å². The Morgan fingerprint density at radius 3 is 2.46 bits per heavy atom. The molecule has 3 rings (SSSR count). The summed E-state index contributed by atoms with van der Waals surface area (Å²) in [7, 11) is 0. The normalized spacial score (nSPS) is 11.5. The number of benzene rings is 1. The van der Waals surface area contributed by atoms with Crippen molar-refractivity contribution < 1.29 is 4.79 Å². The number of nitrogens with zero attached hydrogens (tertiary/aromatic N) is 3. The van der Waals surface area contributed by atoms with Crippen LogP contribution in [0.5, 0.6) is 0 Å². The second-order valence-electron chi connectivity index (χ2n) is 7.12. The van der Waals surface area contributed by atoms with Crippen LogP contribution in [0.3, 0.4) is 0 Å². The third-order valence-corrected chi connectivity index (χ3v) is 4.65. The summed E-state index contributed by atoms with van der Waals surface area (Å²) in [5.74, 6) is 2.21. The maximum absolute atomic E-state index is 12.0. The SMILES string of the molecule is CC(C)(C)NC(=O)CSCc1cnn(-c2ccccc2)c1-n1cccc1. The number of thioether (sulfide) groups is 1. The number of para-hydroxylation sites is 1. The van der Waals surface area contributed by atoms with E-state index in [0.717, 1.165) is 22.8 Å². The molecule has 0 saturated heterocycles. The summed E-state index contributed by atoms with van der Waals surface area (Å²) in [5.41, 5.74) is 1.91. The van der Waals surface area contributed by atoms with E-state index in [0.29, 0.717) is 5.75 Å². The van der Waals surface area contributed by atoms with Crippen LogP contribution in [0.4, 0.5) is 0 Å². The van der Waals surface area contributed by atoms with Crippen molar-refractivity contribution >= 4 is 17.7 Å². The van der Waals surface area contributed by atoms with Crippen LogP contribution in [-0.2, 0) is 10.5 Å². The van der Waals surface area contributed by atoms with Crippen LogP contribution in [0.15, 0.2) is 61.1 Å². The van der Waals surface area contributed by atoms with Gasteiger partial charge in [-0.15, -0.1) is 11.8 Å². The van der Waals surface area contributed by atoms with E-state index in [1.807, 2.05) is 86.5 Å². The van der Waals surface area contributed by atoms with Gasteiger partial charge in [0.25, 0.3) is 0 Å². The molecule has 0 radical (unpaired) electrons. The maximum atomic E-state index is 12.0. The zero-order chi connectivity index (χ0) is 18.6. The molecule has 0 spiro atoms. The predicted octanol–water partition coefficient (Wildman–Crippen LogP) is 3.81. The van der Waals surface area contributed by atoms with E-state index in [1.54, 1.807) is 11.8 Å². The zero-order valence-corrected chi connectivity index (χ0v) is 16.2. The Bertz CT molecular complexity index is 848. The maximum Gasteiger partial charge on any atom is 0.230 e. The van der Waals surface area contributed by atoms with E-state index >= 15 is 0 Å². The average Bonchev–Trinajstić information content (AvgIpc) is 3.23. The van der Waals surface area contributed by atoms with Crippen molar-refractivity contribution in [3.05, 3.63) is 66.6 Å². The first-order valence-corrected chi connectivity index (χ1v) is 9.74. The van der Waals surface area contributed by atoms with Gasteiger partial charge < -0.3 is 9.88 Å². The number of aromatic nitrogens is 3. The van der Waals surface area contributed by atoms with Gasteiger partial charge in [0.05, 0.1) is 17.6 Å². The Balaban J connectivity index is 1.78. The minimum atomic E-state index is -0.202. The fraction of sp³-hybridized carbons (Fsp3) is 0.300. The first kappa shape index (κ1) is 18.3. The molecule has 136 valence electrons. The standard InChI is InChI=1S/C20H24N4OS/c1-20(2,3)22-18(25)15-26-14-16-13-21-24(17-9-5-4-6-10-17)19(16)23-11-7-8-12-23/h4-13H,14-15H2,1-3H3,(H,22,25). The van der Waals surface area contributed by atoms with Crippen molar-refractivity contribution in [2.75, 3.05) is 5.75 Å². The summed E-state index contributed by atoms with van der Waals surface area (Å²) < 4.78 is 4.00. The largest absolute Gasteiger partial charge is 0.351 e. The van der Waals surface area contributed by atoms with Crippen LogP contribution in [0, 0.1) is 0 Å². The van der Waals surface area contributed by atoms with E-state index in [4.69, 9.17) is 0 Å². The summed E-state index contributed by atoms with van der Waals surface area (Å²) in [5, 5.41) is 7.57. The van der Waals surface area contributed by atoms with E-state index in [9.17, 15) is 4.79 Å². The van der Waals surface area contributed by atoms with Gasteiger partial charge in [0.1, 0.15) is 5.82 Å². The van der Waals surface area contributed by atoms with Crippen molar-refractivity contribution in [3.8, 4) is 11.5 Å². The second-order valence-corrected chi connectivity index (χ2v) is 8.11. The van der Waals surface area contributed by atoms with Crippen LogP contribution >= 0.6 is 11.8 Å². The van der Waals surface area contributed by atoms with Gasteiger partial charge in [0.15, 0.2) is 0 Å². The molecule has 0 bridgehead atoms. The predicted molar refractivity (Wildman–Crippen MR) is 107 cm³/mol. The highest BCUT2D eigenvalue weighted by atomic mass is 32.2. The summed E-state index contributed by atoms with van der Waals surface area (Å²) in [6, 6.07) is 14.1. The molecule has 6 heteroatoms. The van der Waals surface area contributed by atoms with Crippen molar-refractivity contribution in [2.24, 2.45) is 0 Å². The highest BCUT2D eigenvalue weighted by molar-refractivity contribution is 7.99. The van der Waals surface area contributed by atoms with Gasteiger partial charge in [-0.05, 0) is 45.0 Å². The van der Waals surface area contributed by atoms with Gasteiger partial charge in [0.2, 0.25) is 5.91 Å². The molecule has 3 aromatic rings. The minimum Gasteiger partial charge on any atom is -0.351 e. The molecule has 0 aliphatic rings. The molecule has 1 amide bonds. The Morgan fingerprint density at radius 2 is 1.81 bits per heavy atom. The van der Waals surface area contributed by atoms with E-state index in [-0.39, 0.29) is 11.4 Å². The lowest BCUT2D eigenvalue weighted by atomic mass is 10.1. The van der Waals surface area contributed by atoms with E-state index < -0.39 is 0 Å². The lowest BCUT2D eigenvalue weighted by Crippen LogP contribution is -2.41. The highest BCUT2D eigenvalue weighted by Crippen LogP contribution is 2.23. The Morgan fingerprint density at radius 1 is 1.12 bits per heavy atom. The number of hydrogen-bond donors (Lipinski definition) is 1. The topological polar surface area (TPSA) is 51.9 Å². The molecule has 5 nitrogen and oxygen atoms in total. The number of nitrogens with one attached hydrogen (secondary N) is 1. The van der Waals surface area contributed by atoms with Crippen molar-refractivity contribution in [1.82, 2.24) is 19.7 Å². The average molecular weight is 369 g/mol. The molecule has 26 heavy (non-hydrogen) atoms. The third kappa shape index (κ3) is 4.58. The van der Waals surface area contributed by atoms with Gasteiger partial charge in [-0.1, -0.05) is 18.2 Å². The first-order chi connectivity index (χ1) is 12.4. The van der Waals surface area contributed by atoms with Gasteiger partial charge >= 0.3 is 0 Å².